The second-order valence-electron chi connectivity index (χ2n) is 5.25. The van der Waals surface area contributed by atoms with Gasteiger partial charge in [0.2, 0.25) is 0 Å². The number of likely N-dealkylation sites (N-methyl/N-ethyl adjacent to an activating group) is 1. The van der Waals surface area contributed by atoms with E-state index in [9.17, 15) is 4.79 Å². The van der Waals surface area contributed by atoms with Gasteiger partial charge in [-0.1, -0.05) is 12.1 Å². The van der Waals surface area contributed by atoms with Crippen molar-refractivity contribution in [2.24, 2.45) is 0 Å². The van der Waals surface area contributed by atoms with Crippen molar-refractivity contribution in [1.29, 1.82) is 0 Å². The molecule has 0 bridgehead atoms. The maximum Gasteiger partial charge on any atom is 0.266 e. The third-order valence-corrected chi connectivity index (χ3v) is 3.65. The summed E-state index contributed by atoms with van der Waals surface area (Å²) in [7, 11) is 1.99. The first-order chi connectivity index (χ1) is 10.7. The Balaban J connectivity index is 1.52. The molecule has 0 fully saturated rings. The predicted octanol–water partition coefficient (Wildman–Crippen LogP) is 1.36. The Morgan fingerprint density at radius 2 is 2.09 bits per heavy atom. The summed E-state index contributed by atoms with van der Waals surface area (Å²) >= 11 is 0. The summed E-state index contributed by atoms with van der Waals surface area (Å²) in [6.45, 7) is 1.88. The molecule has 6 nitrogen and oxygen atoms in total. The van der Waals surface area contributed by atoms with Crippen LogP contribution < -0.4 is 15.0 Å². The van der Waals surface area contributed by atoms with Crippen molar-refractivity contribution in [2.75, 3.05) is 20.2 Å². The molecule has 0 radical (unpaired) electrons. The van der Waals surface area contributed by atoms with Crippen LogP contribution >= 0.6 is 0 Å². The molecule has 2 aromatic rings. The molecule has 22 heavy (non-hydrogen) atoms. The monoisotopic (exact) mass is 301 g/mol. The topological polar surface area (TPSA) is 56.6 Å². The van der Waals surface area contributed by atoms with Gasteiger partial charge in [0.1, 0.15) is 6.61 Å². The van der Waals surface area contributed by atoms with Gasteiger partial charge in [-0.15, -0.1) is 0 Å². The second-order valence-corrected chi connectivity index (χ2v) is 5.25. The molecule has 0 saturated heterocycles. The summed E-state index contributed by atoms with van der Waals surface area (Å²) in [6, 6.07) is 10.8. The van der Waals surface area contributed by atoms with Gasteiger partial charge in [-0.3, -0.25) is 9.69 Å². The van der Waals surface area contributed by atoms with Crippen LogP contribution in [-0.4, -0.2) is 41.1 Å². The van der Waals surface area contributed by atoms with Crippen LogP contribution in [0.15, 0.2) is 47.4 Å². The smallest absolute Gasteiger partial charge is 0.266 e. The molecular weight excluding hydrogens is 282 g/mol. The summed E-state index contributed by atoms with van der Waals surface area (Å²) in [6.07, 6.45) is 2.32. The van der Waals surface area contributed by atoms with E-state index in [-0.39, 0.29) is 11.8 Å². The molecule has 1 aromatic carbocycles. The van der Waals surface area contributed by atoms with Gasteiger partial charge in [-0.05, 0) is 31.7 Å². The Kier molecular flexibility index (Phi) is 4.39. The summed E-state index contributed by atoms with van der Waals surface area (Å²) in [5, 5.41) is 4.05. The lowest BCUT2D eigenvalue weighted by Gasteiger charge is -2.32. The quantitative estimate of drug-likeness (QED) is 0.834. The molecule has 1 aliphatic heterocycles. The number of nitrogens with zero attached hydrogens (tertiary/aromatic N) is 3. The van der Waals surface area contributed by atoms with Gasteiger partial charge in [-0.25, -0.2) is 4.68 Å². The highest BCUT2D eigenvalue weighted by Crippen LogP contribution is 2.31. The Morgan fingerprint density at radius 3 is 2.91 bits per heavy atom. The predicted molar refractivity (Wildman–Crippen MR) is 82.1 cm³/mol. The first-order valence-corrected chi connectivity index (χ1v) is 7.35. The van der Waals surface area contributed by atoms with Gasteiger partial charge in [0.15, 0.2) is 17.7 Å². The van der Waals surface area contributed by atoms with Crippen LogP contribution in [0.1, 0.15) is 6.42 Å². The van der Waals surface area contributed by atoms with Crippen LogP contribution in [0.2, 0.25) is 0 Å². The molecule has 0 spiro atoms. The number of aryl methyl sites for hydroxylation is 1. The number of ether oxygens (including phenoxy) is 2. The molecule has 6 heteroatoms. The fraction of sp³-hybridized carbons (Fsp3) is 0.375. The van der Waals surface area contributed by atoms with Crippen molar-refractivity contribution in [2.45, 2.75) is 19.2 Å². The molecule has 0 saturated carbocycles. The molecule has 1 atom stereocenters. The minimum Gasteiger partial charge on any atom is -0.484 e. The normalized spacial score (nSPS) is 16.7. The van der Waals surface area contributed by atoms with Gasteiger partial charge in [0, 0.05) is 25.4 Å². The highest BCUT2D eigenvalue weighted by molar-refractivity contribution is 5.40. The summed E-state index contributed by atoms with van der Waals surface area (Å²) in [5.74, 6) is 1.55. The number of fused-ring (bicyclic) bond motifs is 1. The van der Waals surface area contributed by atoms with E-state index in [1.807, 2.05) is 31.3 Å². The number of hydrogen-bond acceptors (Lipinski definition) is 5. The van der Waals surface area contributed by atoms with Crippen molar-refractivity contribution in [3.63, 3.8) is 0 Å². The van der Waals surface area contributed by atoms with Crippen LogP contribution in [0.5, 0.6) is 11.5 Å². The van der Waals surface area contributed by atoms with Crippen LogP contribution in [-0.2, 0) is 6.54 Å². The summed E-state index contributed by atoms with van der Waals surface area (Å²) < 4.78 is 13.1. The van der Waals surface area contributed by atoms with E-state index in [1.54, 1.807) is 12.3 Å². The average Bonchev–Trinajstić information content (AvgIpc) is 2.56. The zero-order valence-electron chi connectivity index (χ0n) is 12.5. The Labute approximate surface area is 128 Å². The molecule has 0 unspecified atom stereocenters. The van der Waals surface area contributed by atoms with E-state index in [4.69, 9.17) is 9.47 Å². The van der Waals surface area contributed by atoms with E-state index in [0.717, 1.165) is 24.5 Å². The lowest BCUT2D eigenvalue weighted by molar-refractivity contribution is -0.0161. The number of para-hydroxylation sites is 2. The standard InChI is InChI=1S/C16H19N3O3/c1-18(10-5-11-19-15(20)8-4-9-17-19)16-12-21-13-6-2-3-7-14(13)22-16/h2-4,6-9,16H,5,10-12H2,1H3/t16-/m1/s1. The lowest BCUT2D eigenvalue weighted by atomic mass is 10.3. The van der Waals surface area contributed by atoms with Crippen molar-refractivity contribution in [3.8, 4) is 11.5 Å². The molecular formula is C16H19N3O3. The second kappa shape index (κ2) is 6.62. The third kappa shape index (κ3) is 3.28. The Bertz CT molecular complexity index is 686. The van der Waals surface area contributed by atoms with Crippen molar-refractivity contribution < 1.29 is 9.47 Å². The van der Waals surface area contributed by atoms with Crippen molar-refractivity contribution >= 4 is 0 Å². The zero-order valence-corrected chi connectivity index (χ0v) is 12.5. The van der Waals surface area contributed by atoms with E-state index < -0.39 is 0 Å². The molecule has 1 aliphatic rings. The van der Waals surface area contributed by atoms with Crippen molar-refractivity contribution in [3.05, 3.63) is 52.9 Å². The largest absolute Gasteiger partial charge is 0.484 e. The molecule has 3 rings (SSSR count). The highest BCUT2D eigenvalue weighted by Gasteiger charge is 2.23. The lowest BCUT2D eigenvalue weighted by Crippen LogP contribution is -2.44. The zero-order chi connectivity index (χ0) is 15.4. The fourth-order valence-electron chi connectivity index (χ4n) is 2.39. The summed E-state index contributed by atoms with van der Waals surface area (Å²) in [4.78, 5) is 13.7. The van der Waals surface area contributed by atoms with Gasteiger partial charge in [0.25, 0.3) is 5.56 Å². The summed E-state index contributed by atoms with van der Waals surface area (Å²) in [5.41, 5.74) is -0.0728. The molecule has 2 heterocycles. The minimum atomic E-state index is -0.115. The molecule has 0 aliphatic carbocycles. The van der Waals surface area contributed by atoms with Crippen LogP contribution in [0.4, 0.5) is 0 Å². The maximum absolute atomic E-state index is 11.6. The number of aromatic nitrogens is 2. The Hall–Kier alpha value is -2.34. The van der Waals surface area contributed by atoms with E-state index >= 15 is 0 Å². The SMILES string of the molecule is CN(CCCn1ncccc1=O)[C@H]1COc2ccccc2O1. The van der Waals surface area contributed by atoms with Gasteiger partial charge < -0.3 is 9.47 Å². The van der Waals surface area contributed by atoms with E-state index in [0.29, 0.717) is 13.2 Å². The molecule has 116 valence electrons. The third-order valence-electron chi connectivity index (χ3n) is 3.65. The van der Waals surface area contributed by atoms with Gasteiger partial charge >= 0.3 is 0 Å². The van der Waals surface area contributed by atoms with Crippen LogP contribution in [0, 0.1) is 0 Å². The first-order valence-electron chi connectivity index (χ1n) is 7.35. The van der Waals surface area contributed by atoms with Crippen LogP contribution in [0.25, 0.3) is 0 Å². The van der Waals surface area contributed by atoms with Crippen molar-refractivity contribution in [1.82, 2.24) is 14.7 Å². The van der Waals surface area contributed by atoms with Gasteiger partial charge in [-0.2, -0.15) is 5.10 Å². The number of hydrogen-bond donors (Lipinski definition) is 0. The number of rotatable bonds is 5. The minimum absolute atomic E-state index is 0.0728. The van der Waals surface area contributed by atoms with Gasteiger partial charge in [0.05, 0.1) is 0 Å². The first kappa shape index (κ1) is 14.6. The maximum atomic E-state index is 11.6. The molecule has 0 N–H and O–H groups in total. The van der Waals surface area contributed by atoms with E-state index in [2.05, 4.69) is 10.00 Å². The molecule has 1 aromatic heterocycles. The van der Waals surface area contributed by atoms with Crippen LogP contribution in [0.3, 0.4) is 0 Å². The molecule has 0 amide bonds. The Morgan fingerprint density at radius 1 is 1.27 bits per heavy atom. The van der Waals surface area contributed by atoms with E-state index in [1.165, 1.54) is 10.7 Å². The number of benzene rings is 1. The highest BCUT2D eigenvalue weighted by atomic mass is 16.6. The fourth-order valence-corrected chi connectivity index (χ4v) is 2.39. The average molecular weight is 301 g/mol.